The Balaban J connectivity index is 2.70. The summed E-state index contributed by atoms with van der Waals surface area (Å²) < 4.78 is 0. The lowest BCUT2D eigenvalue weighted by Gasteiger charge is -2.21. The normalized spacial score (nSPS) is 14.1. The topological polar surface area (TPSA) is 113 Å². The van der Waals surface area contributed by atoms with E-state index in [2.05, 4.69) is 20.6 Å². The van der Waals surface area contributed by atoms with Gasteiger partial charge in [0, 0.05) is 18.3 Å². The van der Waals surface area contributed by atoms with E-state index in [0.717, 1.165) is 19.3 Å². The molecule has 1 rings (SSSR count). The molecule has 7 nitrogen and oxygen atoms in total. The molecule has 136 valence electrons. The van der Waals surface area contributed by atoms with Gasteiger partial charge in [0.05, 0.1) is 11.7 Å². The summed E-state index contributed by atoms with van der Waals surface area (Å²) in [5, 5.41) is 16.1. The Labute approximate surface area is 144 Å². The number of primary amides is 1. The van der Waals surface area contributed by atoms with Crippen molar-refractivity contribution >= 4 is 17.7 Å². The minimum atomic E-state index is -0.561. The summed E-state index contributed by atoms with van der Waals surface area (Å²) in [6.45, 7) is 10.7. The first-order chi connectivity index (χ1) is 11.1. The van der Waals surface area contributed by atoms with E-state index < -0.39 is 5.91 Å². The summed E-state index contributed by atoms with van der Waals surface area (Å²) in [5.41, 5.74) is 5.48. The number of amides is 1. The highest BCUT2D eigenvalue weighted by Gasteiger charge is 2.16. The van der Waals surface area contributed by atoms with Crippen LogP contribution in [0.2, 0.25) is 0 Å². The first kappa shape index (κ1) is 20.2. The third-order valence-electron chi connectivity index (χ3n) is 3.74. The summed E-state index contributed by atoms with van der Waals surface area (Å²) in [6.07, 6.45) is 3.69. The minimum absolute atomic E-state index is 0.183. The van der Waals surface area contributed by atoms with Crippen LogP contribution in [0.3, 0.4) is 0 Å². The first-order valence-corrected chi connectivity index (χ1v) is 8.51. The highest BCUT2D eigenvalue weighted by Crippen LogP contribution is 2.18. The lowest BCUT2D eigenvalue weighted by atomic mass is 9.97. The van der Waals surface area contributed by atoms with E-state index in [1.807, 2.05) is 34.6 Å². The Kier molecular flexibility index (Phi) is 7.41. The quantitative estimate of drug-likeness (QED) is 0.515. The number of nitrogens with two attached hydrogens (primary N) is 1. The number of hydrogen-bond donors (Lipinski definition) is 4. The minimum Gasteiger partial charge on any atom is -0.393 e. The molecule has 1 amide bonds. The third kappa shape index (κ3) is 6.70. The largest absolute Gasteiger partial charge is 0.393 e. The van der Waals surface area contributed by atoms with Crippen LogP contribution in [0.1, 0.15) is 64.2 Å². The van der Waals surface area contributed by atoms with E-state index in [9.17, 15) is 9.90 Å². The molecule has 7 heteroatoms. The fourth-order valence-corrected chi connectivity index (χ4v) is 2.32. The number of nitrogens with one attached hydrogen (secondary N) is 2. The molecule has 0 fully saturated rings. The van der Waals surface area contributed by atoms with E-state index in [-0.39, 0.29) is 23.1 Å². The molecule has 0 saturated carbocycles. The lowest BCUT2D eigenvalue weighted by molar-refractivity contribution is 0.100. The maximum absolute atomic E-state index is 11.5. The smallest absolute Gasteiger partial charge is 0.254 e. The molecule has 0 aliphatic heterocycles. The van der Waals surface area contributed by atoms with Crippen molar-refractivity contribution < 1.29 is 9.90 Å². The van der Waals surface area contributed by atoms with Crippen molar-refractivity contribution in [2.75, 3.05) is 17.2 Å². The van der Waals surface area contributed by atoms with E-state index in [4.69, 9.17) is 5.73 Å². The molecule has 0 saturated heterocycles. The first-order valence-electron chi connectivity index (χ1n) is 8.51. The summed E-state index contributed by atoms with van der Waals surface area (Å²) in [6, 6.07) is 0. The number of carbonyl (C=O) groups is 1. The molecule has 1 heterocycles. The van der Waals surface area contributed by atoms with E-state index in [1.165, 1.54) is 6.20 Å². The molecule has 0 aliphatic carbocycles. The Morgan fingerprint density at radius 3 is 2.62 bits per heavy atom. The molecule has 0 aromatic carbocycles. The fraction of sp³-hybridized carbons (Fsp3) is 0.706. The molecule has 5 N–H and O–H groups in total. The summed E-state index contributed by atoms with van der Waals surface area (Å²) in [7, 11) is 0. The van der Waals surface area contributed by atoms with Crippen molar-refractivity contribution in [3.8, 4) is 0 Å². The van der Waals surface area contributed by atoms with E-state index in [0.29, 0.717) is 18.3 Å². The summed E-state index contributed by atoms with van der Waals surface area (Å²) in [5.74, 6) is 0.572. The number of anilines is 2. The van der Waals surface area contributed by atoms with Gasteiger partial charge in [-0.05, 0) is 46.0 Å². The molecule has 2 atom stereocenters. The average molecular weight is 337 g/mol. The second-order valence-corrected chi connectivity index (χ2v) is 7.22. The van der Waals surface area contributed by atoms with Gasteiger partial charge in [-0.1, -0.05) is 13.8 Å². The van der Waals surface area contributed by atoms with Crippen molar-refractivity contribution in [1.29, 1.82) is 0 Å². The van der Waals surface area contributed by atoms with Crippen LogP contribution < -0.4 is 16.4 Å². The van der Waals surface area contributed by atoms with Crippen LogP contribution in [0, 0.1) is 5.92 Å². The van der Waals surface area contributed by atoms with E-state index >= 15 is 0 Å². The average Bonchev–Trinajstić information content (AvgIpc) is 2.48. The van der Waals surface area contributed by atoms with Crippen LogP contribution in [0.15, 0.2) is 6.20 Å². The number of nitrogens with zero attached hydrogens (tertiary/aromatic N) is 2. The summed E-state index contributed by atoms with van der Waals surface area (Å²) >= 11 is 0. The predicted molar refractivity (Wildman–Crippen MR) is 97.1 cm³/mol. The number of aliphatic hydroxyl groups is 1. The van der Waals surface area contributed by atoms with Gasteiger partial charge in [-0.25, -0.2) is 4.98 Å². The second kappa shape index (κ2) is 8.82. The van der Waals surface area contributed by atoms with Crippen LogP contribution in [-0.4, -0.2) is 39.2 Å². The Bertz CT molecular complexity index is 542. The Morgan fingerprint density at radius 2 is 2.08 bits per heavy atom. The van der Waals surface area contributed by atoms with Crippen LogP contribution in [0.5, 0.6) is 0 Å². The third-order valence-corrected chi connectivity index (χ3v) is 3.74. The van der Waals surface area contributed by atoms with Crippen molar-refractivity contribution in [2.45, 2.75) is 65.5 Å². The monoisotopic (exact) mass is 337 g/mol. The zero-order valence-electron chi connectivity index (χ0n) is 15.4. The van der Waals surface area contributed by atoms with Gasteiger partial charge >= 0.3 is 0 Å². The van der Waals surface area contributed by atoms with Crippen molar-refractivity contribution in [3.05, 3.63) is 11.8 Å². The number of aliphatic hydroxyl groups excluding tert-OH is 1. The highest BCUT2D eigenvalue weighted by molar-refractivity contribution is 5.97. The molecule has 1 aromatic rings. The van der Waals surface area contributed by atoms with Gasteiger partial charge in [-0.3, -0.25) is 4.79 Å². The zero-order valence-corrected chi connectivity index (χ0v) is 15.4. The number of rotatable bonds is 9. The van der Waals surface area contributed by atoms with E-state index in [1.54, 1.807) is 0 Å². The lowest BCUT2D eigenvalue weighted by Crippen LogP contribution is -2.28. The van der Waals surface area contributed by atoms with Gasteiger partial charge in [0.1, 0.15) is 5.82 Å². The molecular formula is C17H31N5O2. The van der Waals surface area contributed by atoms with Crippen molar-refractivity contribution in [2.24, 2.45) is 11.7 Å². The van der Waals surface area contributed by atoms with Gasteiger partial charge in [0.15, 0.2) is 0 Å². The van der Waals surface area contributed by atoms with Gasteiger partial charge in [-0.15, -0.1) is 0 Å². The van der Waals surface area contributed by atoms with Gasteiger partial charge in [-0.2, -0.15) is 4.98 Å². The van der Waals surface area contributed by atoms with Gasteiger partial charge < -0.3 is 21.5 Å². The molecule has 0 aliphatic rings. The molecule has 0 spiro atoms. The van der Waals surface area contributed by atoms with Crippen molar-refractivity contribution in [3.63, 3.8) is 0 Å². The van der Waals surface area contributed by atoms with Crippen LogP contribution in [-0.2, 0) is 0 Å². The molecule has 0 radical (unpaired) electrons. The molecule has 0 unspecified atom stereocenters. The van der Waals surface area contributed by atoms with Crippen LogP contribution >= 0.6 is 0 Å². The standard InChI is InChI=1S/C17H31N5O2/c1-6-13(23)11(2)8-7-9-19-15-12(14(18)24)10-20-16(21-15)22-17(3,4)5/h10-11,13,23H,6-9H2,1-5H3,(H2,18,24)(H2,19,20,21,22)/t11-,13-/m1/s1. The van der Waals surface area contributed by atoms with Gasteiger partial charge in [0.25, 0.3) is 5.91 Å². The Morgan fingerprint density at radius 1 is 1.42 bits per heavy atom. The van der Waals surface area contributed by atoms with Crippen LogP contribution in [0.25, 0.3) is 0 Å². The maximum atomic E-state index is 11.5. The number of carbonyl (C=O) groups excluding carboxylic acids is 1. The predicted octanol–water partition coefficient (Wildman–Crippen LogP) is 2.38. The van der Waals surface area contributed by atoms with Gasteiger partial charge in [0.2, 0.25) is 5.95 Å². The number of aromatic nitrogens is 2. The molecular weight excluding hydrogens is 306 g/mol. The second-order valence-electron chi connectivity index (χ2n) is 7.22. The molecule has 24 heavy (non-hydrogen) atoms. The highest BCUT2D eigenvalue weighted by atomic mass is 16.3. The Hall–Kier alpha value is -1.89. The number of hydrogen-bond acceptors (Lipinski definition) is 6. The van der Waals surface area contributed by atoms with Crippen LogP contribution in [0.4, 0.5) is 11.8 Å². The fourth-order valence-electron chi connectivity index (χ4n) is 2.32. The summed E-state index contributed by atoms with van der Waals surface area (Å²) in [4.78, 5) is 20.0. The molecule has 1 aromatic heterocycles. The SMILES string of the molecule is CC[C@@H](O)[C@H](C)CCCNc1nc(NC(C)(C)C)ncc1C(N)=O. The maximum Gasteiger partial charge on any atom is 0.254 e. The molecule has 0 bridgehead atoms. The van der Waals surface area contributed by atoms with Crippen molar-refractivity contribution in [1.82, 2.24) is 9.97 Å². The zero-order chi connectivity index (χ0) is 18.3.